The summed E-state index contributed by atoms with van der Waals surface area (Å²) in [4.78, 5) is 25.3. The Morgan fingerprint density at radius 2 is 2.00 bits per heavy atom. The Balaban J connectivity index is 2.09. The molecule has 1 amide bonds. The van der Waals surface area contributed by atoms with Crippen molar-refractivity contribution in [2.24, 2.45) is 11.8 Å². The van der Waals surface area contributed by atoms with Crippen LogP contribution < -0.4 is 0 Å². The molecule has 104 valence electrons. The molecule has 0 bridgehead atoms. The van der Waals surface area contributed by atoms with Gasteiger partial charge in [0.15, 0.2) is 6.19 Å². The van der Waals surface area contributed by atoms with E-state index in [0.717, 1.165) is 17.7 Å². The van der Waals surface area contributed by atoms with Crippen molar-refractivity contribution in [3.8, 4) is 6.19 Å². The van der Waals surface area contributed by atoms with Gasteiger partial charge in [0.2, 0.25) is 5.91 Å². The fourth-order valence-electron chi connectivity index (χ4n) is 2.62. The zero-order valence-corrected chi connectivity index (χ0v) is 10.9. The molecule has 0 radical (unpaired) electrons. The average molecular weight is 266 g/mol. The van der Waals surface area contributed by atoms with Gasteiger partial charge in [-0.2, -0.15) is 5.26 Å². The average Bonchev–Trinajstić information content (AvgIpc) is 3.12. The highest BCUT2D eigenvalue weighted by molar-refractivity contribution is 5.87. The lowest BCUT2D eigenvalue weighted by Crippen LogP contribution is -2.38. The first-order chi connectivity index (χ1) is 9.08. The third kappa shape index (κ3) is 2.87. The number of amides is 1. The molecule has 0 aliphatic heterocycles. The van der Waals surface area contributed by atoms with Crippen LogP contribution in [0.1, 0.15) is 32.6 Å². The lowest BCUT2D eigenvalue weighted by molar-refractivity contribution is -0.153. The van der Waals surface area contributed by atoms with Gasteiger partial charge in [-0.1, -0.05) is 0 Å². The van der Waals surface area contributed by atoms with E-state index in [1.807, 2.05) is 6.19 Å². The number of ether oxygens (including phenoxy) is 1. The summed E-state index contributed by atoms with van der Waals surface area (Å²) in [5, 5.41) is 18.7. The third-order valence-electron chi connectivity index (χ3n) is 3.70. The highest BCUT2D eigenvalue weighted by Gasteiger charge is 2.47. The van der Waals surface area contributed by atoms with Crippen molar-refractivity contribution in [3.05, 3.63) is 0 Å². The molecule has 0 heterocycles. The van der Waals surface area contributed by atoms with E-state index in [1.165, 1.54) is 0 Å². The van der Waals surface area contributed by atoms with E-state index in [2.05, 4.69) is 0 Å². The minimum Gasteiger partial charge on any atom is -0.466 e. The second kappa shape index (κ2) is 5.57. The summed E-state index contributed by atoms with van der Waals surface area (Å²) in [6.45, 7) is 1.95. The van der Waals surface area contributed by atoms with Gasteiger partial charge >= 0.3 is 5.97 Å². The smallest absolute Gasteiger partial charge is 0.309 e. The number of nitrogens with zero attached hydrogens (tertiary/aromatic N) is 2. The van der Waals surface area contributed by atoms with Crippen LogP contribution in [0, 0.1) is 23.3 Å². The highest BCUT2D eigenvalue weighted by atomic mass is 16.5. The molecule has 2 rings (SSSR count). The molecule has 0 saturated heterocycles. The molecule has 2 fully saturated rings. The molecule has 0 spiro atoms. The van der Waals surface area contributed by atoms with E-state index in [-0.39, 0.29) is 31.4 Å². The first-order valence-electron chi connectivity index (χ1n) is 6.66. The van der Waals surface area contributed by atoms with Crippen molar-refractivity contribution in [2.75, 3.05) is 6.61 Å². The molecule has 0 aromatic heterocycles. The van der Waals surface area contributed by atoms with Gasteiger partial charge in [0.25, 0.3) is 0 Å². The second-order valence-corrected chi connectivity index (χ2v) is 5.13. The number of carbonyl (C=O) groups is 2. The SMILES string of the molecule is CCOC(=O)C1CC(O)CC1C(=O)N(C#N)C1CC1. The monoisotopic (exact) mass is 266 g/mol. The van der Waals surface area contributed by atoms with Crippen LogP contribution >= 0.6 is 0 Å². The third-order valence-corrected chi connectivity index (χ3v) is 3.70. The number of hydrogen-bond acceptors (Lipinski definition) is 5. The van der Waals surface area contributed by atoms with Crippen LogP contribution in [0.4, 0.5) is 0 Å². The zero-order valence-electron chi connectivity index (χ0n) is 10.9. The molecular weight excluding hydrogens is 248 g/mol. The number of aliphatic hydroxyl groups excluding tert-OH is 1. The first-order valence-corrected chi connectivity index (χ1v) is 6.66. The van der Waals surface area contributed by atoms with Crippen molar-refractivity contribution in [1.29, 1.82) is 5.26 Å². The lowest BCUT2D eigenvalue weighted by atomic mass is 9.94. The molecule has 3 atom stereocenters. The molecule has 6 heteroatoms. The Bertz CT molecular complexity index is 413. The predicted octanol–water partition coefficient (Wildman–Crippen LogP) is 0.409. The number of hydrogen-bond donors (Lipinski definition) is 1. The van der Waals surface area contributed by atoms with Crippen LogP contribution in [0.3, 0.4) is 0 Å². The number of aliphatic hydroxyl groups is 1. The first kappa shape index (κ1) is 13.8. The fourth-order valence-corrected chi connectivity index (χ4v) is 2.62. The minimum absolute atomic E-state index is 0.0157. The number of carbonyl (C=O) groups excluding carboxylic acids is 2. The van der Waals surface area contributed by atoms with E-state index in [4.69, 9.17) is 10.00 Å². The topological polar surface area (TPSA) is 90.6 Å². The molecule has 6 nitrogen and oxygen atoms in total. The number of esters is 1. The molecule has 3 unspecified atom stereocenters. The summed E-state index contributed by atoms with van der Waals surface area (Å²) in [6.07, 6.45) is 3.35. The summed E-state index contributed by atoms with van der Waals surface area (Å²) in [5.74, 6) is -2.06. The summed E-state index contributed by atoms with van der Waals surface area (Å²) in [7, 11) is 0. The van der Waals surface area contributed by atoms with Gasteiger partial charge in [0.1, 0.15) is 0 Å². The molecule has 19 heavy (non-hydrogen) atoms. The van der Waals surface area contributed by atoms with Gasteiger partial charge in [-0.25, -0.2) is 4.90 Å². The Kier molecular flexibility index (Phi) is 4.05. The second-order valence-electron chi connectivity index (χ2n) is 5.13. The standard InChI is InChI=1S/C13H18N2O4/c1-2-19-13(18)11-6-9(16)5-10(11)12(17)15(7-14)8-3-4-8/h8-11,16H,2-6H2,1H3. The van der Waals surface area contributed by atoms with Crippen LogP contribution in [0.15, 0.2) is 0 Å². The largest absolute Gasteiger partial charge is 0.466 e. The summed E-state index contributed by atoms with van der Waals surface area (Å²) < 4.78 is 4.94. The van der Waals surface area contributed by atoms with Gasteiger partial charge in [0.05, 0.1) is 24.5 Å². The van der Waals surface area contributed by atoms with E-state index >= 15 is 0 Å². The van der Waals surface area contributed by atoms with E-state index < -0.39 is 23.9 Å². The lowest BCUT2D eigenvalue weighted by Gasteiger charge is -2.21. The molecular formula is C13H18N2O4. The van der Waals surface area contributed by atoms with E-state index in [1.54, 1.807) is 6.92 Å². The minimum atomic E-state index is -0.678. The number of rotatable bonds is 4. The summed E-state index contributed by atoms with van der Waals surface area (Å²) in [5.41, 5.74) is 0. The predicted molar refractivity (Wildman–Crippen MR) is 64.3 cm³/mol. The Hall–Kier alpha value is -1.61. The van der Waals surface area contributed by atoms with Crippen molar-refractivity contribution in [1.82, 2.24) is 4.90 Å². The number of nitriles is 1. The van der Waals surface area contributed by atoms with Crippen LogP contribution in [-0.2, 0) is 14.3 Å². The Morgan fingerprint density at radius 1 is 1.37 bits per heavy atom. The zero-order chi connectivity index (χ0) is 14.0. The maximum atomic E-state index is 12.3. The van der Waals surface area contributed by atoms with Gasteiger partial charge in [-0.3, -0.25) is 9.59 Å². The highest BCUT2D eigenvalue weighted by Crippen LogP contribution is 2.37. The fraction of sp³-hybridized carbons (Fsp3) is 0.769. The molecule has 2 saturated carbocycles. The maximum Gasteiger partial charge on any atom is 0.309 e. The maximum absolute atomic E-state index is 12.3. The van der Waals surface area contributed by atoms with Crippen molar-refractivity contribution < 1.29 is 19.4 Å². The quantitative estimate of drug-likeness (QED) is 0.452. The Morgan fingerprint density at radius 3 is 2.53 bits per heavy atom. The van der Waals surface area contributed by atoms with Crippen LogP contribution in [0.25, 0.3) is 0 Å². The van der Waals surface area contributed by atoms with Crippen LogP contribution in [0.5, 0.6) is 0 Å². The van der Waals surface area contributed by atoms with E-state index in [9.17, 15) is 14.7 Å². The summed E-state index contributed by atoms with van der Waals surface area (Å²) in [6, 6.07) is -0.0157. The molecule has 2 aliphatic carbocycles. The van der Waals surface area contributed by atoms with Gasteiger partial charge in [0, 0.05) is 6.04 Å². The molecule has 0 aromatic carbocycles. The molecule has 1 N–H and O–H groups in total. The Labute approximate surface area is 111 Å². The molecule has 2 aliphatic rings. The van der Waals surface area contributed by atoms with Crippen molar-refractivity contribution >= 4 is 11.9 Å². The molecule has 0 aromatic rings. The van der Waals surface area contributed by atoms with Crippen LogP contribution in [-0.4, -0.2) is 40.6 Å². The van der Waals surface area contributed by atoms with Gasteiger partial charge in [-0.15, -0.1) is 0 Å². The summed E-state index contributed by atoms with van der Waals surface area (Å²) >= 11 is 0. The van der Waals surface area contributed by atoms with Crippen molar-refractivity contribution in [3.63, 3.8) is 0 Å². The van der Waals surface area contributed by atoms with Crippen LogP contribution in [0.2, 0.25) is 0 Å². The van der Waals surface area contributed by atoms with Gasteiger partial charge < -0.3 is 9.84 Å². The van der Waals surface area contributed by atoms with Gasteiger partial charge in [-0.05, 0) is 32.6 Å². The van der Waals surface area contributed by atoms with Crippen molar-refractivity contribution in [2.45, 2.75) is 44.8 Å². The van der Waals surface area contributed by atoms with E-state index in [0.29, 0.717) is 0 Å². The normalized spacial score (nSPS) is 29.6.